The number of fused-ring (bicyclic) bond motifs is 1. The molecule has 1 aliphatic carbocycles. The molecule has 0 amide bonds. The summed E-state index contributed by atoms with van der Waals surface area (Å²) < 4.78 is 5.11. The molecular weight excluding hydrogens is 244 g/mol. The molecule has 0 fully saturated rings. The van der Waals surface area contributed by atoms with Crippen molar-refractivity contribution in [1.29, 1.82) is 0 Å². The molecule has 2 rings (SSSR count). The summed E-state index contributed by atoms with van der Waals surface area (Å²) in [4.78, 5) is 6.40. The van der Waals surface area contributed by atoms with Gasteiger partial charge in [-0.25, -0.2) is 4.98 Å². The summed E-state index contributed by atoms with van der Waals surface area (Å²) in [6.07, 6.45) is 7.42. The Morgan fingerprint density at radius 3 is 2.94 bits per heavy atom. The molecule has 0 saturated carbocycles. The maximum absolute atomic E-state index is 5.11. The van der Waals surface area contributed by atoms with Gasteiger partial charge in [0.2, 0.25) is 0 Å². The molecule has 0 aliphatic heterocycles. The Morgan fingerprint density at radius 2 is 2.22 bits per heavy atom. The summed E-state index contributed by atoms with van der Waals surface area (Å²) in [7, 11) is 1.75. The van der Waals surface area contributed by atoms with E-state index < -0.39 is 0 Å². The SMILES string of the molecule is CCCC(NCCOC)c1nc2c(s1)CCCC2. The monoisotopic (exact) mass is 268 g/mol. The normalized spacial score (nSPS) is 16.6. The average Bonchev–Trinajstić information content (AvgIpc) is 2.81. The summed E-state index contributed by atoms with van der Waals surface area (Å²) >= 11 is 1.93. The van der Waals surface area contributed by atoms with Crippen molar-refractivity contribution in [3.8, 4) is 0 Å². The maximum Gasteiger partial charge on any atom is 0.110 e. The smallest absolute Gasteiger partial charge is 0.110 e. The van der Waals surface area contributed by atoms with Crippen LogP contribution in [-0.2, 0) is 17.6 Å². The van der Waals surface area contributed by atoms with Gasteiger partial charge in [-0.15, -0.1) is 11.3 Å². The van der Waals surface area contributed by atoms with Crippen LogP contribution in [0.3, 0.4) is 0 Å². The highest BCUT2D eigenvalue weighted by atomic mass is 32.1. The standard InChI is InChI=1S/C14H24N2OS/c1-3-6-12(15-9-10-17-2)14-16-11-7-4-5-8-13(11)18-14/h12,15H,3-10H2,1-2H3. The molecule has 1 N–H and O–H groups in total. The second kappa shape index (κ2) is 7.22. The van der Waals surface area contributed by atoms with Crippen molar-refractivity contribution in [3.63, 3.8) is 0 Å². The molecule has 0 aromatic carbocycles. The van der Waals surface area contributed by atoms with E-state index in [4.69, 9.17) is 9.72 Å². The van der Waals surface area contributed by atoms with E-state index in [0.29, 0.717) is 6.04 Å². The van der Waals surface area contributed by atoms with Crippen LogP contribution in [0.1, 0.15) is 54.2 Å². The first-order valence-corrected chi connectivity index (χ1v) is 7.87. The van der Waals surface area contributed by atoms with Crippen LogP contribution in [0.25, 0.3) is 0 Å². The predicted octanol–water partition coefficient (Wildman–Crippen LogP) is 3.10. The van der Waals surface area contributed by atoms with Gasteiger partial charge in [-0.2, -0.15) is 0 Å². The van der Waals surface area contributed by atoms with Crippen molar-refractivity contribution in [2.24, 2.45) is 0 Å². The number of ether oxygens (including phenoxy) is 1. The van der Waals surface area contributed by atoms with Crippen molar-refractivity contribution in [1.82, 2.24) is 10.3 Å². The lowest BCUT2D eigenvalue weighted by atomic mass is 10.0. The third kappa shape index (κ3) is 3.53. The van der Waals surface area contributed by atoms with Crippen LogP contribution in [0.2, 0.25) is 0 Å². The molecule has 0 saturated heterocycles. The van der Waals surface area contributed by atoms with E-state index in [0.717, 1.165) is 19.6 Å². The van der Waals surface area contributed by atoms with Crippen LogP contribution >= 0.6 is 11.3 Å². The molecule has 1 atom stereocenters. The van der Waals surface area contributed by atoms with Crippen LogP contribution in [0.4, 0.5) is 0 Å². The number of hydrogen-bond acceptors (Lipinski definition) is 4. The number of aryl methyl sites for hydroxylation is 2. The van der Waals surface area contributed by atoms with E-state index in [1.54, 1.807) is 7.11 Å². The first-order chi connectivity index (χ1) is 8.85. The van der Waals surface area contributed by atoms with Crippen molar-refractivity contribution >= 4 is 11.3 Å². The zero-order chi connectivity index (χ0) is 12.8. The van der Waals surface area contributed by atoms with E-state index in [1.807, 2.05) is 11.3 Å². The fraction of sp³-hybridized carbons (Fsp3) is 0.786. The molecule has 1 aromatic heterocycles. The topological polar surface area (TPSA) is 34.1 Å². The van der Waals surface area contributed by atoms with E-state index in [9.17, 15) is 0 Å². The summed E-state index contributed by atoms with van der Waals surface area (Å²) in [5.74, 6) is 0. The molecule has 1 aromatic rings. The second-order valence-electron chi connectivity index (χ2n) is 4.92. The van der Waals surface area contributed by atoms with Crippen LogP contribution in [0, 0.1) is 0 Å². The minimum atomic E-state index is 0.417. The lowest BCUT2D eigenvalue weighted by Gasteiger charge is -2.15. The number of hydrogen-bond donors (Lipinski definition) is 1. The Labute approximate surface area is 114 Å². The number of rotatable bonds is 7. The lowest BCUT2D eigenvalue weighted by molar-refractivity contribution is 0.195. The predicted molar refractivity (Wildman–Crippen MR) is 76.3 cm³/mol. The van der Waals surface area contributed by atoms with Gasteiger partial charge in [0.15, 0.2) is 0 Å². The van der Waals surface area contributed by atoms with E-state index >= 15 is 0 Å². The highest BCUT2D eigenvalue weighted by Gasteiger charge is 2.20. The Morgan fingerprint density at radius 1 is 1.39 bits per heavy atom. The fourth-order valence-electron chi connectivity index (χ4n) is 2.46. The second-order valence-corrected chi connectivity index (χ2v) is 6.03. The highest BCUT2D eigenvalue weighted by Crippen LogP contribution is 2.31. The van der Waals surface area contributed by atoms with Crippen molar-refractivity contribution < 1.29 is 4.74 Å². The number of thiazole rings is 1. The first-order valence-electron chi connectivity index (χ1n) is 7.06. The zero-order valence-corrected chi connectivity index (χ0v) is 12.3. The molecule has 0 radical (unpaired) electrons. The van der Waals surface area contributed by atoms with Crippen LogP contribution < -0.4 is 5.32 Å². The molecule has 3 nitrogen and oxygen atoms in total. The highest BCUT2D eigenvalue weighted by molar-refractivity contribution is 7.11. The molecule has 1 unspecified atom stereocenters. The summed E-state index contributed by atoms with van der Waals surface area (Å²) in [5.41, 5.74) is 1.37. The minimum Gasteiger partial charge on any atom is -0.383 e. The fourth-order valence-corrected chi connectivity index (χ4v) is 3.72. The maximum atomic E-state index is 5.11. The van der Waals surface area contributed by atoms with Gasteiger partial charge in [0.05, 0.1) is 18.3 Å². The Balaban J connectivity index is 2.02. The zero-order valence-electron chi connectivity index (χ0n) is 11.5. The summed E-state index contributed by atoms with van der Waals surface area (Å²) in [6.45, 7) is 3.91. The first kappa shape index (κ1) is 14.0. The molecule has 4 heteroatoms. The average molecular weight is 268 g/mol. The molecule has 1 aliphatic rings. The van der Waals surface area contributed by atoms with Gasteiger partial charge < -0.3 is 10.1 Å². The summed E-state index contributed by atoms with van der Waals surface area (Å²) in [5, 5.41) is 4.86. The largest absolute Gasteiger partial charge is 0.383 e. The quantitative estimate of drug-likeness (QED) is 0.772. The van der Waals surface area contributed by atoms with Gasteiger partial charge in [-0.3, -0.25) is 0 Å². The Bertz CT molecular complexity index is 341. The molecular formula is C14H24N2OS. The number of aromatic nitrogens is 1. The van der Waals surface area contributed by atoms with Crippen molar-refractivity contribution in [2.75, 3.05) is 20.3 Å². The Hall–Kier alpha value is -0.450. The number of nitrogens with zero attached hydrogens (tertiary/aromatic N) is 1. The molecule has 18 heavy (non-hydrogen) atoms. The van der Waals surface area contributed by atoms with Crippen molar-refractivity contribution in [2.45, 2.75) is 51.5 Å². The van der Waals surface area contributed by atoms with Gasteiger partial charge in [0.1, 0.15) is 5.01 Å². The minimum absolute atomic E-state index is 0.417. The molecule has 0 bridgehead atoms. The van der Waals surface area contributed by atoms with E-state index in [-0.39, 0.29) is 0 Å². The van der Waals surface area contributed by atoms with Gasteiger partial charge >= 0.3 is 0 Å². The summed E-state index contributed by atoms with van der Waals surface area (Å²) in [6, 6.07) is 0.417. The third-order valence-corrected chi connectivity index (χ3v) is 4.71. The number of methoxy groups -OCH3 is 1. The Kier molecular flexibility index (Phi) is 5.60. The molecule has 0 spiro atoms. The van der Waals surface area contributed by atoms with Gasteiger partial charge in [0, 0.05) is 18.5 Å². The van der Waals surface area contributed by atoms with Crippen molar-refractivity contribution in [3.05, 3.63) is 15.6 Å². The molecule has 102 valence electrons. The number of nitrogens with one attached hydrogen (secondary N) is 1. The lowest BCUT2D eigenvalue weighted by Crippen LogP contribution is -2.25. The van der Waals surface area contributed by atoms with Gasteiger partial charge in [-0.05, 0) is 32.1 Å². The van der Waals surface area contributed by atoms with E-state index in [1.165, 1.54) is 47.7 Å². The van der Waals surface area contributed by atoms with Gasteiger partial charge in [0.25, 0.3) is 0 Å². The van der Waals surface area contributed by atoms with Crippen LogP contribution in [0.5, 0.6) is 0 Å². The van der Waals surface area contributed by atoms with Crippen LogP contribution in [-0.4, -0.2) is 25.2 Å². The van der Waals surface area contributed by atoms with Crippen LogP contribution in [0.15, 0.2) is 0 Å². The molecule has 1 heterocycles. The van der Waals surface area contributed by atoms with E-state index in [2.05, 4.69) is 12.2 Å². The van der Waals surface area contributed by atoms with Gasteiger partial charge in [-0.1, -0.05) is 13.3 Å². The third-order valence-electron chi connectivity index (χ3n) is 3.43.